The minimum absolute atomic E-state index is 0.0284. The Bertz CT molecular complexity index is 458. The highest BCUT2D eigenvalue weighted by Crippen LogP contribution is 2.28. The number of hydrogen-bond acceptors (Lipinski definition) is 5. The summed E-state index contributed by atoms with van der Waals surface area (Å²) >= 11 is 0. The Balaban J connectivity index is 2.05. The van der Waals surface area contributed by atoms with Gasteiger partial charge in [-0.1, -0.05) is 0 Å². The van der Waals surface area contributed by atoms with Crippen LogP contribution < -0.4 is 10.6 Å². The molecule has 0 saturated carbocycles. The zero-order chi connectivity index (χ0) is 13.8. The fraction of sp³-hybridized carbons (Fsp3) is 0.538. The van der Waals surface area contributed by atoms with E-state index < -0.39 is 4.92 Å². The standard InChI is InChI=1S/C13H19N3O3/c1-15(9-10-4-6-19-7-5-10)13-3-2-11(16(17)18)8-12(13)14/h2-3,8,10H,4-7,9,14H2,1H3. The van der Waals surface area contributed by atoms with Gasteiger partial charge in [-0.05, 0) is 24.8 Å². The molecule has 0 amide bonds. The molecule has 0 aromatic heterocycles. The van der Waals surface area contributed by atoms with Crippen LogP contribution in [0.1, 0.15) is 12.8 Å². The van der Waals surface area contributed by atoms with Gasteiger partial charge in [0.15, 0.2) is 0 Å². The quantitative estimate of drug-likeness (QED) is 0.512. The van der Waals surface area contributed by atoms with Gasteiger partial charge in [-0.2, -0.15) is 0 Å². The second kappa shape index (κ2) is 5.88. The maximum atomic E-state index is 10.7. The van der Waals surface area contributed by atoms with E-state index >= 15 is 0 Å². The lowest BCUT2D eigenvalue weighted by Crippen LogP contribution is -2.29. The Morgan fingerprint density at radius 2 is 2.16 bits per heavy atom. The van der Waals surface area contributed by atoms with E-state index in [1.165, 1.54) is 12.1 Å². The zero-order valence-electron chi connectivity index (χ0n) is 11.0. The van der Waals surface area contributed by atoms with Gasteiger partial charge in [0.25, 0.3) is 5.69 Å². The van der Waals surface area contributed by atoms with Crippen molar-refractivity contribution in [1.82, 2.24) is 0 Å². The summed E-state index contributed by atoms with van der Waals surface area (Å²) in [6.45, 7) is 2.52. The molecule has 0 radical (unpaired) electrons. The van der Waals surface area contributed by atoms with Gasteiger partial charge in [0.05, 0.1) is 16.3 Å². The highest BCUT2D eigenvalue weighted by atomic mass is 16.6. The molecule has 6 nitrogen and oxygen atoms in total. The van der Waals surface area contributed by atoms with Gasteiger partial charge in [0, 0.05) is 38.9 Å². The van der Waals surface area contributed by atoms with Gasteiger partial charge < -0.3 is 15.4 Å². The second-order valence-corrected chi connectivity index (χ2v) is 4.94. The zero-order valence-corrected chi connectivity index (χ0v) is 11.0. The third-order valence-electron chi connectivity index (χ3n) is 3.51. The van der Waals surface area contributed by atoms with Crippen LogP contribution in [0.2, 0.25) is 0 Å². The van der Waals surface area contributed by atoms with Crippen molar-refractivity contribution in [2.24, 2.45) is 5.92 Å². The molecule has 0 unspecified atom stereocenters. The second-order valence-electron chi connectivity index (χ2n) is 4.94. The molecule has 2 N–H and O–H groups in total. The average molecular weight is 265 g/mol. The molecule has 19 heavy (non-hydrogen) atoms. The van der Waals surface area contributed by atoms with Gasteiger partial charge in [-0.25, -0.2) is 0 Å². The molecule has 1 aliphatic rings. The van der Waals surface area contributed by atoms with Crippen LogP contribution in [0.4, 0.5) is 17.1 Å². The van der Waals surface area contributed by atoms with E-state index in [-0.39, 0.29) is 5.69 Å². The predicted octanol–water partition coefficient (Wildman–Crippen LogP) is 2.04. The third kappa shape index (κ3) is 3.35. The van der Waals surface area contributed by atoms with Crippen molar-refractivity contribution in [3.63, 3.8) is 0 Å². The van der Waals surface area contributed by atoms with E-state index in [0.717, 1.165) is 38.3 Å². The maximum absolute atomic E-state index is 10.7. The number of nitrogen functional groups attached to an aromatic ring is 1. The van der Waals surface area contributed by atoms with E-state index in [1.54, 1.807) is 6.07 Å². The largest absolute Gasteiger partial charge is 0.397 e. The minimum atomic E-state index is -0.432. The summed E-state index contributed by atoms with van der Waals surface area (Å²) in [4.78, 5) is 12.3. The first kappa shape index (κ1) is 13.6. The van der Waals surface area contributed by atoms with Crippen LogP contribution in [-0.2, 0) is 4.74 Å². The van der Waals surface area contributed by atoms with Gasteiger partial charge in [-0.15, -0.1) is 0 Å². The van der Waals surface area contributed by atoms with Crippen LogP contribution in [0.3, 0.4) is 0 Å². The molecular formula is C13H19N3O3. The molecule has 6 heteroatoms. The SMILES string of the molecule is CN(CC1CCOCC1)c1ccc([N+](=O)[O-])cc1N. The maximum Gasteiger partial charge on any atom is 0.271 e. The summed E-state index contributed by atoms with van der Waals surface area (Å²) in [6, 6.07) is 4.62. The van der Waals surface area contributed by atoms with Crippen LogP contribution in [0.5, 0.6) is 0 Å². The molecule has 1 fully saturated rings. The number of nitro groups is 1. The molecule has 104 valence electrons. The van der Waals surface area contributed by atoms with Gasteiger partial charge in [-0.3, -0.25) is 10.1 Å². The molecule has 0 spiro atoms. The number of anilines is 2. The number of nitro benzene ring substituents is 1. The van der Waals surface area contributed by atoms with Gasteiger partial charge in [0.1, 0.15) is 0 Å². The summed E-state index contributed by atoms with van der Waals surface area (Å²) in [5, 5.41) is 10.7. The Kier molecular flexibility index (Phi) is 4.21. The first-order valence-corrected chi connectivity index (χ1v) is 6.40. The summed E-state index contributed by atoms with van der Waals surface area (Å²) in [5.41, 5.74) is 7.22. The Morgan fingerprint density at radius 1 is 1.47 bits per heavy atom. The van der Waals surface area contributed by atoms with Crippen molar-refractivity contribution in [3.8, 4) is 0 Å². The Labute approximate surface area is 112 Å². The topological polar surface area (TPSA) is 81.6 Å². The van der Waals surface area contributed by atoms with Crippen LogP contribution >= 0.6 is 0 Å². The number of nitrogens with two attached hydrogens (primary N) is 1. The van der Waals surface area contributed by atoms with E-state index in [1.807, 2.05) is 7.05 Å². The summed E-state index contributed by atoms with van der Waals surface area (Å²) in [7, 11) is 1.97. The van der Waals surface area contributed by atoms with Crippen molar-refractivity contribution < 1.29 is 9.66 Å². The van der Waals surface area contributed by atoms with E-state index in [4.69, 9.17) is 10.5 Å². The molecule has 0 aliphatic carbocycles. The van der Waals surface area contributed by atoms with E-state index in [2.05, 4.69) is 4.90 Å². The van der Waals surface area contributed by atoms with Gasteiger partial charge >= 0.3 is 0 Å². The number of benzene rings is 1. The average Bonchev–Trinajstić information content (AvgIpc) is 2.39. The monoisotopic (exact) mass is 265 g/mol. The number of rotatable bonds is 4. The smallest absolute Gasteiger partial charge is 0.271 e. The van der Waals surface area contributed by atoms with Crippen LogP contribution in [0, 0.1) is 16.0 Å². The van der Waals surface area contributed by atoms with Crippen LogP contribution in [-0.4, -0.2) is 31.7 Å². The number of non-ortho nitro benzene ring substituents is 1. The van der Waals surface area contributed by atoms with E-state index in [0.29, 0.717) is 11.6 Å². The molecule has 2 rings (SSSR count). The minimum Gasteiger partial charge on any atom is -0.397 e. The fourth-order valence-corrected chi connectivity index (χ4v) is 2.42. The van der Waals surface area contributed by atoms with Crippen molar-refractivity contribution >= 4 is 17.1 Å². The first-order valence-electron chi connectivity index (χ1n) is 6.40. The van der Waals surface area contributed by atoms with Crippen molar-refractivity contribution in [1.29, 1.82) is 0 Å². The van der Waals surface area contributed by atoms with Crippen molar-refractivity contribution in [2.75, 3.05) is 37.4 Å². The fourth-order valence-electron chi connectivity index (χ4n) is 2.42. The predicted molar refractivity (Wildman–Crippen MR) is 74.3 cm³/mol. The summed E-state index contributed by atoms with van der Waals surface area (Å²) in [5.74, 6) is 0.591. The van der Waals surface area contributed by atoms with Crippen molar-refractivity contribution in [3.05, 3.63) is 28.3 Å². The molecular weight excluding hydrogens is 246 g/mol. The van der Waals surface area contributed by atoms with E-state index in [9.17, 15) is 10.1 Å². The van der Waals surface area contributed by atoms with Crippen LogP contribution in [0.15, 0.2) is 18.2 Å². The van der Waals surface area contributed by atoms with Gasteiger partial charge in [0.2, 0.25) is 0 Å². The molecule has 1 aromatic carbocycles. The molecule has 1 aliphatic heterocycles. The number of nitrogens with zero attached hydrogens (tertiary/aromatic N) is 2. The molecule has 1 aromatic rings. The lowest BCUT2D eigenvalue weighted by atomic mass is 9.99. The molecule has 0 bridgehead atoms. The summed E-state index contributed by atoms with van der Waals surface area (Å²) in [6.07, 6.45) is 2.11. The molecule has 1 saturated heterocycles. The Hall–Kier alpha value is -1.82. The number of ether oxygens (including phenoxy) is 1. The number of hydrogen-bond donors (Lipinski definition) is 1. The highest BCUT2D eigenvalue weighted by molar-refractivity contribution is 5.70. The highest BCUT2D eigenvalue weighted by Gasteiger charge is 2.18. The normalized spacial score (nSPS) is 16.3. The lowest BCUT2D eigenvalue weighted by molar-refractivity contribution is -0.384. The summed E-state index contributed by atoms with van der Waals surface area (Å²) < 4.78 is 5.33. The first-order chi connectivity index (χ1) is 9.08. The molecule has 0 atom stereocenters. The third-order valence-corrected chi connectivity index (χ3v) is 3.51. The lowest BCUT2D eigenvalue weighted by Gasteiger charge is -2.29. The Morgan fingerprint density at radius 3 is 2.74 bits per heavy atom. The van der Waals surface area contributed by atoms with Crippen LogP contribution in [0.25, 0.3) is 0 Å². The molecule has 1 heterocycles. The van der Waals surface area contributed by atoms with Crippen molar-refractivity contribution in [2.45, 2.75) is 12.8 Å².